The van der Waals surface area contributed by atoms with E-state index in [-0.39, 0.29) is 5.70 Å². The second-order valence-electron chi connectivity index (χ2n) is 2.10. The molecule has 0 aromatic heterocycles. The van der Waals surface area contributed by atoms with Crippen molar-refractivity contribution in [3.8, 4) is 0 Å². The lowest BCUT2D eigenvalue weighted by Crippen LogP contribution is -1.92. The predicted molar refractivity (Wildman–Crippen MR) is 39.5 cm³/mol. The molecule has 0 saturated heterocycles. The second-order valence-corrected chi connectivity index (χ2v) is 2.10. The van der Waals surface area contributed by atoms with Gasteiger partial charge in [0, 0.05) is 12.6 Å². The van der Waals surface area contributed by atoms with Crippen LogP contribution >= 0.6 is 0 Å². The fourth-order valence-corrected chi connectivity index (χ4v) is 0.270. The molecular formula is C6H10N2O2. The minimum Gasteiger partial charge on any atom is -0.259 e. The zero-order chi connectivity index (χ0) is 8.15. The van der Waals surface area contributed by atoms with Crippen LogP contribution in [0.3, 0.4) is 0 Å². The summed E-state index contributed by atoms with van der Waals surface area (Å²) in [6, 6.07) is 0. The first-order chi connectivity index (χ1) is 4.54. The van der Waals surface area contributed by atoms with Crippen LogP contribution in [-0.2, 0) is 0 Å². The van der Waals surface area contributed by atoms with Crippen LogP contribution < -0.4 is 0 Å². The van der Waals surface area contributed by atoms with Gasteiger partial charge in [0.1, 0.15) is 0 Å². The van der Waals surface area contributed by atoms with Gasteiger partial charge in [0.15, 0.2) is 0 Å². The van der Waals surface area contributed by atoms with Crippen LogP contribution in [-0.4, -0.2) is 10.6 Å². The quantitative estimate of drug-likeness (QED) is 0.334. The summed E-state index contributed by atoms with van der Waals surface area (Å²) in [6.07, 6.45) is 1.25. The van der Waals surface area contributed by atoms with Crippen molar-refractivity contribution in [2.24, 2.45) is 4.99 Å². The van der Waals surface area contributed by atoms with E-state index in [4.69, 9.17) is 0 Å². The monoisotopic (exact) mass is 142 g/mol. The molecule has 0 spiro atoms. The number of nitrogens with zero attached hydrogens (tertiary/aromatic N) is 2. The van der Waals surface area contributed by atoms with Gasteiger partial charge in [0.2, 0.25) is 0 Å². The molecule has 56 valence electrons. The summed E-state index contributed by atoms with van der Waals surface area (Å²) >= 11 is 0. The van der Waals surface area contributed by atoms with Crippen LogP contribution in [0.1, 0.15) is 20.8 Å². The second kappa shape index (κ2) is 3.76. The number of nitro groups is 1. The van der Waals surface area contributed by atoms with E-state index in [1.807, 2.05) is 0 Å². The molecule has 0 atom stereocenters. The highest BCUT2D eigenvalue weighted by Crippen LogP contribution is 1.92. The molecule has 0 heterocycles. The Kier molecular flexibility index (Phi) is 3.32. The summed E-state index contributed by atoms with van der Waals surface area (Å²) in [5, 5.41) is 9.98. The average Bonchev–Trinajstić information content (AvgIpc) is 1.82. The molecule has 0 unspecified atom stereocenters. The van der Waals surface area contributed by atoms with Gasteiger partial charge in [-0.15, -0.1) is 0 Å². The average molecular weight is 142 g/mol. The molecule has 0 aliphatic heterocycles. The van der Waals surface area contributed by atoms with Gasteiger partial charge in [-0.1, -0.05) is 0 Å². The van der Waals surface area contributed by atoms with Crippen molar-refractivity contribution >= 4 is 5.71 Å². The SMILES string of the molecule is CC(C)=N/C=C(\C)[N+](=O)[O-]. The van der Waals surface area contributed by atoms with Crippen molar-refractivity contribution < 1.29 is 4.92 Å². The van der Waals surface area contributed by atoms with Gasteiger partial charge in [-0.05, 0) is 13.8 Å². The van der Waals surface area contributed by atoms with E-state index in [1.54, 1.807) is 13.8 Å². The first-order valence-electron chi connectivity index (χ1n) is 2.86. The number of aliphatic imine (C=N–C) groups is 1. The number of hydrogen-bond acceptors (Lipinski definition) is 3. The Balaban J connectivity index is 4.19. The number of hydrogen-bond donors (Lipinski definition) is 0. The van der Waals surface area contributed by atoms with E-state index >= 15 is 0 Å². The van der Waals surface area contributed by atoms with Crippen molar-refractivity contribution in [3.63, 3.8) is 0 Å². The molecule has 0 radical (unpaired) electrons. The normalized spacial score (nSPS) is 10.9. The topological polar surface area (TPSA) is 55.5 Å². The van der Waals surface area contributed by atoms with Gasteiger partial charge in [-0.2, -0.15) is 0 Å². The standard InChI is InChI=1S/C6H10N2O2/c1-5(2)7-4-6(3)8(9)10/h4H,1-3H3/b6-4+. The van der Waals surface area contributed by atoms with Gasteiger partial charge in [-0.3, -0.25) is 15.1 Å². The van der Waals surface area contributed by atoms with Gasteiger partial charge >= 0.3 is 0 Å². The first kappa shape index (κ1) is 8.81. The Morgan fingerprint density at radius 3 is 2.30 bits per heavy atom. The largest absolute Gasteiger partial charge is 0.261 e. The van der Waals surface area contributed by atoms with Crippen LogP contribution in [0.2, 0.25) is 0 Å². The highest BCUT2D eigenvalue weighted by molar-refractivity contribution is 5.79. The molecule has 4 nitrogen and oxygen atoms in total. The number of rotatable bonds is 2. The van der Waals surface area contributed by atoms with Crippen LogP contribution in [0.4, 0.5) is 0 Å². The highest BCUT2D eigenvalue weighted by atomic mass is 16.6. The Labute approximate surface area is 59.4 Å². The summed E-state index contributed by atoms with van der Waals surface area (Å²) in [5.74, 6) is 0. The molecule has 4 heteroatoms. The maximum Gasteiger partial charge on any atom is 0.261 e. The molecule has 10 heavy (non-hydrogen) atoms. The molecule has 0 aliphatic carbocycles. The van der Waals surface area contributed by atoms with Gasteiger partial charge < -0.3 is 0 Å². The third-order valence-electron chi connectivity index (χ3n) is 0.798. The summed E-state index contributed by atoms with van der Waals surface area (Å²) in [4.78, 5) is 13.3. The molecule has 0 aliphatic rings. The van der Waals surface area contributed by atoms with Crippen LogP contribution in [0.5, 0.6) is 0 Å². The minimum absolute atomic E-state index is 0.0567. The Bertz CT molecular complexity index is 190. The summed E-state index contributed by atoms with van der Waals surface area (Å²) in [7, 11) is 0. The number of allylic oxidation sites excluding steroid dienone is 1. The first-order valence-corrected chi connectivity index (χ1v) is 2.86. The van der Waals surface area contributed by atoms with Crippen molar-refractivity contribution in [1.29, 1.82) is 0 Å². The maximum atomic E-state index is 9.98. The molecule has 0 rings (SSSR count). The van der Waals surface area contributed by atoms with Crippen LogP contribution in [0.15, 0.2) is 16.9 Å². The minimum atomic E-state index is -0.466. The smallest absolute Gasteiger partial charge is 0.259 e. The molecule has 0 aromatic rings. The summed E-state index contributed by atoms with van der Waals surface area (Å²) in [6.45, 7) is 4.97. The molecule has 0 fully saturated rings. The zero-order valence-corrected chi connectivity index (χ0v) is 6.29. The molecule has 0 bridgehead atoms. The molecule has 0 aromatic carbocycles. The van der Waals surface area contributed by atoms with Crippen LogP contribution in [0.25, 0.3) is 0 Å². The highest BCUT2D eigenvalue weighted by Gasteiger charge is 1.98. The maximum absolute atomic E-state index is 9.98. The molecule has 0 amide bonds. The van der Waals surface area contributed by atoms with Crippen molar-refractivity contribution in [2.75, 3.05) is 0 Å². The third-order valence-corrected chi connectivity index (χ3v) is 0.798. The van der Waals surface area contributed by atoms with E-state index in [0.29, 0.717) is 0 Å². The van der Waals surface area contributed by atoms with Crippen molar-refractivity contribution in [1.82, 2.24) is 0 Å². The van der Waals surface area contributed by atoms with E-state index in [1.165, 1.54) is 13.1 Å². The van der Waals surface area contributed by atoms with Gasteiger partial charge in [0.25, 0.3) is 5.70 Å². The third kappa shape index (κ3) is 3.77. The van der Waals surface area contributed by atoms with Crippen molar-refractivity contribution in [3.05, 3.63) is 22.0 Å². The van der Waals surface area contributed by atoms with Gasteiger partial charge in [0.05, 0.1) is 11.1 Å². The van der Waals surface area contributed by atoms with Crippen molar-refractivity contribution in [2.45, 2.75) is 20.8 Å². The lowest BCUT2D eigenvalue weighted by molar-refractivity contribution is -0.424. The van der Waals surface area contributed by atoms with E-state index in [0.717, 1.165) is 5.71 Å². The van der Waals surface area contributed by atoms with E-state index in [9.17, 15) is 10.1 Å². The Morgan fingerprint density at radius 1 is 1.50 bits per heavy atom. The molecular weight excluding hydrogens is 132 g/mol. The van der Waals surface area contributed by atoms with E-state index in [2.05, 4.69) is 4.99 Å². The summed E-state index contributed by atoms with van der Waals surface area (Å²) in [5.41, 5.74) is 0.863. The van der Waals surface area contributed by atoms with Gasteiger partial charge in [-0.25, -0.2) is 0 Å². The summed E-state index contributed by atoms with van der Waals surface area (Å²) < 4.78 is 0. The fourth-order valence-electron chi connectivity index (χ4n) is 0.270. The lowest BCUT2D eigenvalue weighted by atomic mass is 10.5. The molecule has 0 N–H and O–H groups in total. The predicted octanol–water partition coefficient (Wildman–Crippen LogP) is 1.61. The van der Waals surface area contributed by atoms with Crippen LogP contribution in [0, 0.1) is 10.1 Å². The zero-order valence-electron chi connectivity index (χ0n) is 6.29. The lowest BCUT2D eigenvalue weighted by Gasteiger charge is -1.85. The molecule has 0 saturated carbocycles. The fraction of sp³-hybridized carbons (Fsp3) is 0.500. The van der Waals surface area contributed by atoms with E-state index < -0.39 is 4.92 Å². The Hall–Kier alpha value is -1.19. The Morgan fingerprint density at radius 2 is 2.00 bits per heavy atom.